The number of hydrogen-bond donors (Lipinski definition) is 1. The van der Waals surface area contributed by atoms with Crippen LogP contribution in [-0.4, -0.2) is 34.4 Å². The summed E-state index contributed by atoms with van der Waals surface area (Å²) in [4.78, 5) is 4.30. The zero-order valence-corrected chi connectivity index (χ0v) is 11.0. The smallest absolute Gasteiger partial charge is 0.152 e. The maximum absolute atomic E-state index is 5.55. The topological polar surface area (TPSA) is 51.5 Å². The van der Waals surface area contributed by atoms with Gasteiger partial charge in [0.05, 0.1) is 12.8 Å². The third-order valence-corrected chi connectivity index (χ3v) is 2.70. The molecule has 0 bridgehead atoms. The molecule has 2 heterocycles. The van der Waals surface area contributed by atoms with Crippen molar-refractivity contribution in [1.82, 2.24) is 14.6 Å². The summed E-state index contributed by atoms with van der Waals surface area (Å²) in [6.45, 7) is 6.68. The highest BCUT2D eigenvalue weighted by Crippen LogP contribution is 2.11. The molecule has 0 amide bonds. The first kappa shape index (κ1) is 12.8. The van der Waals surface area contributed by atoms with Gasteiger partial charge in [0.25, 0.3) is 0 Å². The number of aromatic nitrogens is 3. The molecule has 2 aromatic rings. The number of hydrogen-bond acceptors (Lipinski definition) is 4. The molecule has 0 aliphatic heterocycles. The molecule has 5 nitrogen and oxygen atoms in total. The molecule has 98 valence electrons. The van der Waals surface area contributed by atoms with Crippen molar-refractivity contribution in [3.8, 4) is 0 Å². The molecule has 0 aliphatic rings. The maximum Gasteiger partial charge on any atom is 0.152 e. The summed E-state index contributed by atoms with van der Waals surface area (Å²) in [6, 6.07) is 1.94. The van der Waals surface area contributed by atoms with Crippen LogP contribution in [-0.2, 0) is 4.74 Å². The Kier molecular flexibility index (Phi) is 4.52. The summed E-state index contributed by atoms with van der Waals surface area (Å²) in [7, 11) is 0. The Morgan fingerprint density at radius 2 is 2.22 bits per heavy atom. The number of nitrogens with one attached hydrogen (secondary N) is 1. The Bertz CT molecular complexity index is 481. The molecule has 2 rings (SSSR count). The Morgan fingerprint density at radius 3 is 3.06 bits per heavy atom. The number of fused-ring (bicyclic) bond motifs is 1. The van der Waals surface area contributed by atoms with Crippen LogP contribution in [0.4, 0.5) is 5.82 Å². The molecule has 1 N–H and O–H groups in total. The lowest BCUT2D eigenvalue weighted by Crippen LogP contribution is -2.12. The van der Waals surface area contributed by atoms with Crippen molar-refractivity contribution < 1.29 is 4.74 Å². The van der Waals surface area contributed by atoms with E-state index in [9.17, 15) is 0 Å². The minimum atomic E-state index is 0.695. The molecular weight excluding hydrogens is 228 g/mol. The summed E-state index contributed by atoms with van der Waals surface area (Å²) in [5.74, 6) is 1.54. The SMILES string of the molecule is CC(C)CCOCCNc1nccn2nccc12. The van der Waals surface area contributed by atoms with Gasteiger partial charge in [-0.1, -0.05) is 13.8 Å². The lowest BCUT2D eigenvalue weighted by molar-refractivity contribution is 0.132. The van der Waals surface area contributed by atoms with Crippen LogP contribution in [0.15, 0.2) is 24.7 Å². The fourth-order valence-electron chi connectivity index (χ4n) is 1.66. The van der Waals surface area contributed by atoms with Crippen molar-refractivity contribution in [2.75, 3.05) is 25.1 Å². The van der Waals surface area contributed by atoms with Crippen molar-refractivity contribution >= 4 is 11.3 Å². The van der Waals surface area contributed by atoms with E-state index in [1.807, 2.05) is 12.3 Å². The van der Waals surface area contributed by atoms with Crippen LogP contribution in [0.5, 0.6) is 0 Å². The first-order valence-electron chi connectivity index (χ1n) is 6.37. The predicted octanol–water partition coefficient (Wildman–Crippen LogP) is 2.20. The van der Waals surface area contributed by atoms with Gasteiger partial charge in [-0.3, -0.25) is 0 Å². The molecular formula is C13H20N4O. The zero-order valence-electron chi connectivity index (χ0n) is 11.0. The second-order valence-electron chi connectivity index (χ2n) is 4.66. The third kappa shape index (κ3) is 3.43. The van der Waals surface area contributed by atoms with Crippen molar-refractivity contribution in [3.63, 3.8) is 0 Å². The van der Waals surface area contributed by atoms with Gasteiger partial charge in [-0.2, -0.15) is 5.10 Å². The van der Waals surface area contributed by atoms with Crippen LogP contribution < -0.4 is 5.32 Å². The van der Waals surface area contributed by atoms with E-state index in [-0.39, 0.29) is 0 Å². The van der Waals surface area contributed by atoms with Crippen molar-refractivity contribution in [2.24, 2.45) is 5.92 Å². The van der Waals surface area contributed by atoms with Gasteiger partial charge < -0.3 is 10.1 Å². The first-order valence-corrected chi connectivity index (χ1v) is 6.37. The highest BCUT2D eigenvalue weighted by Gasteiger charge is 2.01. The molecule has 0 saturated heterocycles. The predicted molar refractivity (Wildman–Crippen MR) is 71.8 cm³/mol. The Balaban J connectivity index is 1.75. The zero-order chi connectivity index (χ0) is 12.8. The summed E-state index contributed by atoms with van der Waals surface area (Å²) in [6.07, 6.45) is 6.44. The molecule has 18 heavy (non-hydrogen) atoms. The van der Waals surface area contributed by atoms with Gasteiger partial charge in [-0.05, 0) is 18.4 Å². The van der Waals surface area contributed by atoms with Gasteiger partial charge in [0.1, 0.15) is 5.52 Å². The number of anilines is 1. The average Bonchev–Trinajstić information content (AvgIpc) is 2.82. The van der Waals surface area contributed by atoms with Crippen molar-refractivity contribution in [2.45, 2.75) is 20.3 Å². The van der Waals surface area contributed by atoms with Gasteiger partial charge in [0, 0.05) is 25.5 Å². The molecule has 0 aromatic carbocycles. The van der Waals surface area contributed by atoms with Gasteiger partial charge in [-0.15, -0.1) is 0 Å². The molecule has 2 aromatic heterocycles. The number of nitrogens with zero attached hydrogens (tertiary/aromatic N) is 3. The van der Waals surface area contributed by atoms with Crippen LogP contribution in [0.2, 0.25) is 0 Å². The maximum atomic E-state index is 5.55. The van der Waals surface area contributed by atoms with E-state index in [0.29, 0.717) is 12.5 Å². The van der Waals surface area contributed by atoms with E-state index in [4.69, 9.17) is 4.74 Å². The highest BCUT2D eigenvalue weighted by molar-refractivity contribution is 5.66. The third-order valence-electron chi connectivity index (χ3n) is 2.70. The fraction of sp³-hybridized carbons (Fsp3) is 0.538. The molecule has 0 atom stereocenters. The van der Waals surface area contributed by atoms with Gasteiger partial charge in [0.2, 0.25) is 0 Å². The minimum absolute atomic E-state index is 0.695. The highest BCUT2D eigenvalue weighted by atomic mass is 16.5. The Hall–Kier alpha value is -1.62. The average molecular weight is 248 g/mol. The van der Waals surface area contributed by atoms with Gasteiger partial charge >= 0.3 is 0 Å². The van der Waals surface area contributed by atoms with E-state index in [1.165, 1.54) is 0 Å². The van der Waals surface area contributed by atoms with Gasteiger partial charge in [-0.25, -0.2) is 9.50 Å². The molecule has 0 fully saturated rings. The molecule has 0 radical (unpaired) electrons. The van der Waals surface area contributed by atoms with Crippen LogP contribution in [0, 0.1) is 5.92 Å². The molecule has 0 unspecified atom stereocenters. The minimum Gasteiger partial charge on any atom is -0.380 e. The van der Waals surface area contributed by atoms with E-state index in [2.05, 4.69) is 29.2 Å². The van der Waals surface area contributed by atoms with Crippen LogP contribution in [0.3, 0.4) is 0 Å². The summed E-state index contributed by atoms with van der Waals surface area (Å²) in [5.41, 5.74) is 0.986. The summed E-state index contributed by atoms with van der Waals surface area (Å²) in [5, 5.41) is 7.43. The lowest BCUT2D eigenvalue weighted by atomic mass is 10.1. The quantitative estimate of drug-likeness (QED) is 0.763. The monoisotopic (exact) mass is 248 g/mol. The number of rotatable bonds is 7. The number of ether oxygens (including phenoxy) is 1. The van der Waals surface area contributed by atoms with Crippen molar-refractivity contribution in [3.05, 3.63) is 24.7 Å². The van der Waals surface area contributed by atoms with Crippen LogP contribution in [0.25, 0.3) is 5.52 Å². The second kappa shape index (κ2) is 6.35. The molecule has 0 aliphatic carbocycles. The summed E-state index contributed by atoms with van der Waals surface area (Å²) >= 11 is 0. The van der Waals surface area contributed by atoms with E-state index in [0.717, 1.165) is 30.9 Å². The molecule has 5 heteroatoms. The second-order valence-corrected chi connectivity index (χ2v) is 4.66. The van der Waals surface area contributed by atoms with E-state index < -0.39 is 0 Å². The first-order chi connectivity index (χ1) is 8.77. The molecule has 0 spiro atoms. The van der Waals surface area contributed by atoms with E-state index >= 15 is 0 Å². The van der Waals surface area contributed by atoms with Gasteiger partial charge in [0.15, 0.2) is 5.82 Å². The van der Waals surface area contributed by atoms with Crippen LogP contribution in [0.1, 0.15) is 20.3 Å². The lowest BCUT2D eigenvalue weighted by Gasteiger charge is -2.08. The fourth-order valence-corrected chi connectivity index (χ4v) is 1.66. The van der Waals surface area contributed by atoms with Crippen molar-refractivity contribution in [1.29, 1.82) is 0 Å². The Morgan fingerprint density at radius 1 is 1.33 bits per heavy atom. The van der Waals surface area contributed by atoms with E-state index in [1.54, 1.807) is 16.9 Å². The molecule has 0 saturated carbocycles. The van der Waals surface area contributed by atoms with Crippen LogP contribution >= 0.6 is 0 Å². The normalized spacial score (nSPS) is 11.3. The Labute approximate surface area is 107 Å². The standard InChI is InChI=1S/C13H20N4O/c1-11(2)4-9-18-10-7-15-13-12-3-5-16-17(12)8-6-14-13/h3,5-6,8,11H,4,7,9-10H2,1-2H3,(H,14,15). The summed E-state index contributed by atoms with van der Waals surface area (Å²) < 4.78 is 7.35. The largest absolute Gasteiger partial charge is 0.380 e.